The number of amides is 1. The molecular formula is C19H17BrFN3O. The van der Waals surface area contributed by atoms with E-state index in [9.17, 15) is 9.18 Å². The van der Waals surface area contributed by atoms with Crippen molar-refractivity contribution < 1.29 is 9.18 Å². The van der Waals surface area contributed by atoms with Gasteiger partial charge < -0.3 is 4.90 Å². The number of halogens is 2. The molecule has 0 aliphatic carbocycles. The van der Waals surface area contributed by atoms with E-state index in [2.05, 4.69) is 26.9 Å². The van der Waals surface area contributed by atoms with Crippen molar-refractivity contribution in [1.29, 1.82) is 5.26 Å². The molecule has 128 valence electrons. The van der Waals surface area contributed by atoms with E-state index in [1.807, 2.05) is 24.3 Å². The summed E-state index contributed by atoms with van der Waals surface area (Å²) >= 11 is 3.28. The van der Waals surface area contributed by atoms with E-state index >= 15 is 0 Å². The molecule has 0 atom stereocenters. The van der Waals surface area contributed by atoms with Gasteiger partial charge in [0.15, 0.2) is 0 Å². The van der Waals surface area contributed by atoms with Crippen LogP contribution in [0, 0.1) is 17.1 Å². The Labute approximate surface area is 154 Å². The Bertz CT molecular complexity index is 808. The van der Waals surface area contributed by atoms with Crippen LogP contribution in [0.4, 0.5) is 4.39 Å². The summed E-state index contributed by atoms with van der Waals surface area (Å²) in [5.74, 6) is -0.759. The van der Waals surface area contributed by atoms with Crippen molar-refractivity contribution in [3.05, 3.63) is 69.4 Å². The Balaban J connectivity index is 1.58. The van der Waals surface area contributed by atoms with Gasteiger partial charge in [-0.1, -0.05) is 28.1 Å². The zero-order valence-electron chi connectivity index (χ0n) is 13.6. The third-order valence-electron chi connectivity index (χ3n) is 4.31. The van der Waals surface area contributed by atoms with Crippen LogP contribution in [-0.2, 0) is 6.54 Å². The van der Waals surface area contributed by atoms with Gasteiger partial charge in [0, 0.05) is 37.2 Å². The molecule has 1 heterocycles. The fourth-order valence-electron chi connectivity index (χ4n) is 2.88. The van der Waals surface area contributed by atoms with Crippen molar-refractivity contribution in [2.24, 2.45) is 0 Å². The maximum absolute atomic E-state index is 13.9. The lowest BCUT2D eigenvalue weighted by atomic mass is 10.1. The predicted molar refractivity (Wildman–Crippen MR) is 96.4 cm³/mol. The van der Waals surface area contributed by atoms with Gasteiger partial charge in [-0.05, 0) is 35.9 Å². The van der Waals surface area contributed by atoms with Gasteiger partial charge >= 0.3 is 0 Å². The van der Waals surface area contributed by atoms with Crippen LogP contribution >= 0.6 is 15.9 Å². The molecule has 4 nitrogen and oxygen atoms in total. The average molecular weight is 402 g/mol. The summed E-state index contributed by atoms with van der Waals surface area (Å²) in [6.07, 6.45) is 0. The normalized spacial score (nSPS) is 15.0. The van der Waals surface area contributed by atoms with Crippen molar-refractivity contribution in [1.82, 2.24) is 9.80 Å². The fraction of sp³-hybridized carbons (Fsp3) is 0.263. The van der Waals surface area contributed by atoms with Gasteiger partial charge in [0.2, 0.25) is 0 Å². The second-order valence-electron chi connectivity index (χ2n) is 6.00. The average Bonchev–Trinajstić information content (AvgIpc) is 2.64. The minimum atomic E-state index is -0.492. The Hall–Kier alpha value is -2.23. The summed E-state index contributed by atoms with van der Waals surface area (Å²) < 4.78 is 14.6. The molecule has 0 bridgehead atoms. The van der Waals surface area contributed by atoms with Crippen LogP contribution < -0.4 is 0 Å². The number of carbonyl (C=O) groups excluding carboxylic acids is 1. The van der Waals surface area contributed by atoms with Crippen molar-refractivity contribution in [3.8, 4) is 6.07 Å². The molecule has 0 N–H and O–H groups in total. The standard InChI is InChI=1S/C19H17BrFN3O/c20-16-5-6-18(21)17(11-16)19(25)24-9-7-23(8-10-24)13-15-3-1-14(12-22)2-4-15/h1-6,11H,7-10,13H2. The smallest absolute Gasteiger partial charge is 0.256 e. The minimum absolute atomic E-state index is 0.106. The van der Waals surface area contributed by atoms with Gasteiger partial charge in [0.25, 0.3) is 5.91 Å². The van der Waals surface area contributed by atoms with Crippen LogP contribution in [0.25, 0.3) is 0 Å². The molecule has 1 saturated heterocycles. The van der Waals surface area contributed by atoms with E-state index in [0.717, 1.165) is 25.2 Å². The van der Waals surface area contributed by atoms with E-state index in [1.165, 1.54) is 12.1 Å². The molecule has 1 aliphatic heterocycles. The van der Waals surface area contributed by atoms with Crippen molar-refractivity contribution in [2.45, 2.75) is 6.54 Å². The molecule has 25 heavy (non-hydrogen) atoms. The number of hydrogen-bond acceptors (Lipinski definition) is 3. The first-order valence-electron chi connectivity index (χ1n) is 8.02. The quantitative estimate of drug-likeness (QED) is 0.791. The van der Waals surface area contributed by atoms with E-state index in [-0.39, 0.29) is 11.5 Å². The topological polar surface area (TPSA) is 47.3 Å². The Morgan fingerprint density at radius 1 is 1.12 bits per heavy atom. The van der Waals surface area contributed by atoms with Crippen molar-refractivity contribution in [2.75, 3.05) is 26.2 Å². The Kier molecular flexibility index (Phi) is 5.47. The third-order valence-corrected chi connectivity index (χ3v) is 4.80. The number of nitrogens with zero attached hydrogens (tertiary/aromatic N) is 3. The molecule has 0 unspecified atom stereocenters. The lowest BCUT2D eigenvalue weighted by Crippen LogP contribution is -2.48. The van der Waals surface area contributed by atoms with Crippen molar-refractivity contribution in [3.63, 3.8) is 0 Å². The molecular weight excluding hydrogens is 385 g/mol. The van der Waals surface area contributed by atoms with Gasteiger partial charge in [-0.25, -0.2) is 4.39 Å². The molecule has 6 heteroatoms. The van der Waals surface area contributed by atoms with Gasteiger partial charge in [-0.15, -0.1) is 0 Å². The monoisotopic (exact) mass is 401 g/mol. The Morgan fingerprint density at radius 2 is 1.80 bits per heavy atom. The maximum Gasteiger partial charge on any atom is 0.256 e. The first kappa shape index (κ1) is 17.6. The fourth-order valence-corrected chi connectivity index (χ4v) is 3.24. The van der Waals surface area contributed by atoms with E-state index in [0.29, 0.717) is 23.1 Å². The number of benzene rings is 2. The number of nitriles is 1. The van der Waals surface area contributed by atoms with E-state index < -0.39 is 5.82 Å². The van der Waals surface area contributed by atoms with Crippen LogP contribution in [0.1, 0.15) is 21.5 Å². The second kappa shape index (κ2) is 7.77. The van der Waals surface area contributed by atoms with Crippen LogP contribution in [0.2, 0.25) is 0 Å². The SMILES string of the molecule is N#Cc1ccc(CN2CCN(C(=O)c3cc(Br)ccc3F)CC2)cc1. The van der Waals surface area contributed by atoms with Crippen molar-refractivity contribution >= 4 is 21.8 Å². The largest absolute Gasteiger partial charge is 0.336 e. The lowest BCUT2D eigenvalue weighted by molar-refractivity contribution is 0.0624. The highest BCUT2D eigenvalue weighted by atomic mass is 79.9. The number of piperazine rings is 1. The van der Waals surface area contributed by atoms with Crippen LogP contribution in [0.15, 0.2) is 46.9 Å². The highest BCUT2D eigenvalue weighted by molar-refractivity contribution is 9.10. The summed E-state index contributed by atoms with van der Waals surface area (Å²) in [6, 6.07) is 14.0. The number of hydrogen-bond donors (Lipinski definition) is 0. The first-order chi connectivity index (χ1) is 12.1. The van der Waals surface area contributed by atoms with Gasteiger partial charge in [-0.3, -0.25) is 9.69 Å². The van der Waals surface area contributed by atoms with Crippen LogP contribution in [0.3, 0.4) is 0 Å². The van der Waals surface area contributed by atoms with Gasteiger partial charge in [0.05, 0.1) is 17.2 Å². The molecule has 0 radical (unpaired) electrons. The predicted octanol–water partition coefficient (Wildman–Crippen LogP) is 3.42. The molecule has 0 spiro atoms. The molecule has 0 aromatic heterocycles. The molecule has 3 rings (SSSR count). The van der Waals surface area contributed by atoms with E-state index in [1.54, 1.807) is 11.0 Å². The maximum atomic E-state index is 13.9. The zero-order chi connectivity index (χ0) is 17.8. The molecule has 1 fully saturated rings. The Morgan fingerprint density at radius 3 is 2.44 bits per heavy atom. The summed E-state index contributed by atoms with van der Waals surface area (Å²) in [7, 11) is 0. The zero-order valence-corrected chi connectivity index (χ0v) is 15.2. The highest BCUT2D eigenvalue weighted by Gasteiger charge is 2.24. The first-order valence-corrected chi connectivity index (χ1v) is 8.82. The van der Waals surface area contributed by atoms with Gasteiger partial charge in [0.1, 0.15) is 5.82 Å². The number of carbonyl (C=O) groups is 1. The van der Waals surface area contributed by atoms with Gasteiger partial charge in [-0.2, -0.15) is 5.26 Å². The summed E-state index contributed by atoms with van der Waals surface area (Å²) in [6.45, 7) is 3.39. The molecule has 0 saturated carbocycles. The molecule has 1 aliphatic rings. The minimum Gasteiger partial charge on any atom is -0.336 e. The highest BCUT2D eigenvalue weighted by Crippen LogP contribution is 2.18. The van der Waals surface area contributed by atoms with Crippen LogP contribution in [0.5, 0.6) is 0 Å². The second-order valence-corrected chi connectivity index (χ2v) is 6.92. The third kappa shape index (κ3) is 4.25. The van der Waals surface area contributed by atoms with Crippen LogP contribution in [-0.4, -0.2) is 41.9 Å². The summed E-state index contributed by atoms with van der Waals surface area (Å²) in [5, 5.41) is 8.83. The summed E-state index contributed by atoms with van der Waals surface area (Å²) in [5.41, 5.74) is 1.89. The van der Waals surface area contributed by atoms with E-state index in [4.69, 9.17) is 5.26 Å². The molecule has 1 amide bonds. The number of rotatable bonds is 3. The lowest BCUT2D eigenvalue weighted by Gasteiger charge is -2.34. The molecule has 2 aromatic rings. The molecule has 2 aromatic carbocycles. The summed E-state index contributed by atoms with van der Waals surface area (Å²) in [4.78, 5) is 16.5.